The maximum absolute atomic E-state index is 12.0. The number of amides is 2. The Hall–Kier alpha value is -1.79. The summed E-state index contributed by atoms with van der Waals surface area (Å²) in [5, 5.41) is 3.66. The molecular weight excluding hydrogens is 379 g/mol. The number of ether oxygens (including phenoxy) is 1. The van der Waals surface area contributed by atoms with Crippen LogP contribution in [-0.4, -0.2) is 42.4 Å². The van der Waals surface area contributed by atoms with Crippen molar-refractivity contribution in [2.45, 2.75) is 38.6 Å². The van der Waals surface area contributed by atoms with Crippen molar-refractivity contribution < 1.29 is 19.1 Å². The number of esters is 1. The Morgan fingerprint density at radius 3 is 2.77 bits per heavy atom. The zero-order valence-electron chi connectivity index (χ0n) is 14.6. The normalized spacial score (nSPS) is 16.0. The third kappa shape index (κ3) is 6.18. The molecule has 1 N–H and O–H groups in total. The van der Waals surface area contributed by atoms with Crippen LogP contribution >= 0.6 is 23.2 Å². The van der Waals surface area contributed by atoms with Crippen LogP contribution in [0.1, 0.15) is 44.2 Å². The summed E-state index contributed by atoms with van der Waals surface area (Å²) >= 11 is 12.0. The minimum absolute atomic E-state index is 0.0464. The quantitative estimate of drug-likeness (QED) is 0.744. The third-order valence-electron chi connectivity index (χ3n) is 4.16. The van der Waals surface area contributed by atoms with Crippen LogP contribution in [0.4, 0.5) is 0 Å². The molecule has 1 aromatic rings. The second-order valence-corrected chi connectivity index (χ2v) is 7.09. The summed E-state index contributed by atoms with van der Waals surface area (Å²) in [5.41, 5.74) is 0.714. The average molecular weight is 401 g/mol. The van der Waals surface area contributed by atoms with Crippen molar-refractivity contribution >= 4 is 41.0 Å². The number of carbonyl (C=O) groups excluding carboxylic acids is 3. The van der Waals surface area contributed by atoms with Crippen molar-refractivity contribution in [3.63, 3.8) is 0 Å². The Kier molecular flexibility index (Phi) is 7.72. The Morgan fingerprint density at radius 1 is 1.27 bits per heavy atom. The second-order valence-electron chi connectivity index (χ2n) is 6.24. The summed E-state index contributed by atoms with van der Waals surface area (Å²) in [5.74, 6) is -1.08. The average Bonchev–Trinajstić information content (AvgIpc) is 2.77. The fourth-order valence-corrected chi connectivity index (χ4v) is 3.34. The van der Waals surface area contributed by atoms with Gasteiger partial charge in [-0.05, 0) is 37.5 Å². The van der Waals surface area contributed by atoms with Crippen molar-refractivity contribution in [3.05, 3.63) is 33.8 Å². The number of hydrogen-bond acceptors (Lipinski definition) is 4. The van der Waals surface area contributed by atoms with Crippen molar-refractivity contribution in [2.24, 2.45) is 0 Å². The molecule has 1 heterocycles. The van der Waals surface area contributed by atoms with Gasteiger partial charge in [-0.3, -0.25) is 14.4 Å². The van der Waals surface area contributed by atoms with Gasteiger partial charge in [0.25, 0.3) is 5.91 Å². The number of carbonyl (C=O) groups is 3. The van der Waals surface area contributed by atoms with Crippen LogP contribution in [0.2, 0.25) is 10.0 Å². The highest BCUT2D eigenvalue weighted by Gasteiger charge is 2.21. The van der Waals surface area contributed by atoms with Gasteiger partial charge < -0.3 is 15.0 Å². The largest absolute Gasteiger partial charge is 0.454 e. The van der Waals surface area contributed by atoms with E-state index >= 15 is 0 Å². The molecule has 0 spiro atoms. The van der Waals surface area contributed by atoms with Crippen LogP contribution in [0.25, 0.3) is 0 Å². The van der Waals surface area contributed by atoms with Crippen molar-refractivity contribution in [2.75, 3.05) is 19.7 Å². The van der Waals surface area contributed by atoms with Gasteiger partial charge >= 0.3 is 5.97 Å². The van der Waals surface area contributed by atoms with Crippen LogP contribution in [0.15, 0.2) is 18.2 Å². The molecular formula is C18H22Cl2N2O4. The molecule has 1 aliphatic rings. The monoisotopic (exact) mass is 400 g/mol. The molecule has 1 aromatic carbocycles. The predicted octanol–water partition coefficient (Wildman–Crippen LogP) is 3.12. The summed E-state index contributed by atoms with van der Waals surface area (Å²) in [6.45, 7) is 1.79. The van der Waals surface area contributed by atoms with Gasteiger partial charge in [-0.2, -0.15) is 0 Å². The van der Waals surface area contributed by atoms with Gasteiger partial charge in [0, 0.05) is 23.0 Å². The molecule has 6 nitrogen and oxygen atoms in total. The Labute approximate surface area is 162 Å². The van der Waals surface area contributed by atoms with E-state index in [0.717, 1.165) is 19.3 Å². The summed E-state index contributed by atoms with van der Waals surface area (Å²) in [6.07, 6.45) is 3.15. The summed E-state index contributed by atoms with van der Waals surface area (Å²) in [6, 6.07) is 4.65. The van der Waals surface area contributed by atoms with Crippen LogP contribution < -0.4 is 5.32 Å². The number of halogens is 2. The molecule has 0 saturated carbocycles. The van der Waals surface area contributed by atoms with E-state index in [0.29, 0.717) is 28.6 Å². The van der Waals surface area contributed by atoms with Gasteiger partial charge in [-0.1, -0.05) is 35.7 Å². The first-order valence-electron chi connectivity index (χ1n) is 8.54. The van der Waals surface area contributed by atoms with Gasteiger partial charge in [0.1, 0.15) is 6.54 Å². The Bertz CT molecular complexity index is 681. The molecule has 1 fully saturated rings. The lowest BCUT2D eigenvalue weighted by Gasteiger charge is -2.19. The van der Waals surface area contributed by atoms with E-state index in [4.69, 9.17) is 27.9 Å². The highest BCUT2D eigenvalue weighted by molar-refractivity contribution is 6.35. The van der Waals surface area contributed by atoms with Crippen molar-refractivity contribution in [1.29, 1.82) is 0 Å². The number of nitrogens with zero attached hydrogens (tertiary/aromatic N) is 1. The lowest BCUT2D eigenvalue weighted by atomic mass is 10.1. The summed E-state index contributed by atoms with van der Waals surface area (Å²) in [4.78, 5) is 37.2. The van der Waals surface area contributed by atoms with Gasteiger partial charge in [0.05, 0.1) is 6.04 Å². The second kappa shape index (κ2) is 9.78. The SMILES string of the molecule is C[C@H](NC(=O)COC(=O)CN1CCCCCC1=O)c1ccc(Cl)cc1Cl. The fourth-order valence-electron chi connectivity index (χ4n) is 2.77. The molecule has 1 saturated heterocycles. The lowest BCUT2D eigenvalue weighted by Crippen LogP contribution is -2.37. The minimum atomic E-state index is -0.590. The predicted molar refractivity (Wildman–Crippen MR) is 99.0 cm³/mol. The molecule has 0 radical (unpaired) electrons. The molecule has 0 aliphatic carbocycles. The molecule has 142 valence electrons. The van der Waals surface area contributed by atoms with E-state index in [2.05, 4.69) is 5.32 Å². The van der Waals surface area contributed by atoms with E-state index in [1.165, 1.54) is 4.90 Å². The third-order valence-corrected chi connectivity index (χ3v) is 4.72. The molecule has 0 aromatic heterocycles. The van der Waals surface area contributed by atoms with Crippen LogP contribution in [0.3, 0.4) is 0 Å². The minimum Gasteiger partial charge on any atom is -0.454 e. The van der Waals surface area contributed by atoms with E-state index in [1.54, 1.807) is 25.1 Å². The molecule has 1 atom stereocenters. The topological polar surface area (TPSA) is 75.7 Å². The fraction of sp³-hybridized carbons (Fsp3) is 0.500. The number of likely N-dealkylation sites (tertiary alicyclic amines) is 1. The first-order chi connectivity index (χ1) is 12.4. The zero-order chi connectivity index (χ0) is 19.1. The molecule has 0 unspecified atom stereocenters. The first kappa shape index (κ1) is 20.5. The van der Waals surface area contributed by atoms with Gasteiger partial charge in [-0.15, -0.1) is 0 Å². The number of hydrogen-bond donors (Lipinski definition) is 1. The maximum Gasteiger partial charge on any atom is 0.326 e. The van der Waals surface area contributed by atoms with E-state index in [1.807, 2.05) is 0 Å². The van der Waals surface area contributed by atoms with Crippen LogP contribution in [0.5, 0.6) is 0 Å². The van der Waals surface area contributed by atoms with Crippen LogP contribution in [-0.2, 0) is 19.1 Å². The van der Waals surface area contributed by atoms with Crippen molar-refractivity contribution in [1.82, 2.24) is 10.2 Å². The van der Waals surface area contributed by atoms with E-state index in [9.17, 15) is 14.4 Å². The molecule has 1 aliphatic heterocycles. The van der Waals surface area contributed by atoms with Crippen LogP contribution in [0, 0.1) is 0 Å². The van der Waals surface area contributed by atoms with E-state index < -0.39 is 18.5 Å². The van der Waals surface area contributed by atoms with Gasteiger partial charge in [-0.25, -0.2) is 0 Å². The smallest absolute Gasteiger partial charge is 0.326 e. The summed E-state index contributed by atoms with van der Waals surface area (Å²) in [7, 11) is 0. The lowest BCUT2D eigenvalue weighted by molar-refractivity contribution is -0.152. The molecule has 8 heteroatoms. The first-order valence-corrected chi connectivity index (χ1v) is 9.30. The Balaban J connectivity index is 1.78. The van der Waals surface area contributed by atoms with E-state index in [-0.39, 0.29) is 18.5 Å². The van der Waals surface area contributed by atoms with Gasteiger partial charge in [0.2, 0.25) is 5.91 Å². The number of nitrogens with one attached hydrogen (secondary N) is 1. The van der Waals surface area contributed by atoms with Gasteiger partial charge in [0.15, 0.2) is 6.61 Å². The standard InChI is InChI=1S/C18H22Cl2N2O4/c1-12(14-7-6-13(19)9-15(14)20)21-16(23)11-26-18(25)10-22-8-4-2-3-5-17(22)24/h6-7,9,12H,2-5,8,10-11H2,1H3,(H,21,23)/t12-/m0/s1. The molecule has 2 rings (SSSR count). The maximum atomic E-state index is 12.0. The molecule has 2 amide bonds. The number of rotatable bonds is 6. The van der Waals surface area contributed by atoms with Crippen molar-refractivity contribution in [3.8, 4) is 0 Å². The highest BCUT2D eigenvalue weighted by atomic mass is 35.5. The number of benzene rings is 1. The molecule has 26 heavy (non-hydrogen) atoms. The molecule has 0 bridgehead atoms. The zero-order valence-corrected chi connectivity index (χ0v) is 16.1. The summed E-state index contributed by atoms with van der Waals surface area (Å²) < 4.78 is 4.98. The Morgan fingerprint density at radius 2 is 2.04 bits per heavy atom. The highest BCUT2D eigenvalue weighted by Crippen LogP contribution is 2.25.